The maximum absolute atomic E-state index is 12.5. The number of ether oxygens (including phenoxy) is 1. The van der Waals surface area contributed by atoms with E-state index in [1.807, 2.05) is 24.3 Å². The zero-order valence-electron chi connectivity index (χ0n) is 16.9. The number of fused-ring (bicyclic) bond motifs is 1. The molecule has 0 aliphatic carbocycles. The number of nitrogens with one attached hydrogen (secondary N) is 1. The Balaban J connectivity index is 1.34. The van der Waals surface area contributed by atoms with Crippen molar-refractivity contribution in [3.05, 3.63) is 71.7 Å². The Bertz CT molecular complexity index is 976. The summed E-state index contributed by atoms with van der Waals surface area (Å²) in [6.07, 6.45) is 3.32. The smallest absolute Gasteiger partial charge is 0.220 e. The molecule has 1 amide bonds. The van der Waals surface area contributed by atoms with Gasteiger partial charge in [0.25, 0.3) is 0 Å². The Hall–Kier alpha value is -3.08. The van der Waals surface area contributed by atoms with Crippen molar-refractivity contribution in [2.24, 2.45) is 0 Å². The summed E-state index contributed by atoms with van der Waals surface area (Å²) >= 11 is 0. The predicted molar refractivity (Wildman–Crippen MR) is 112 cm³/mol. The number of benzene rings is 2. The number of para-hydroxylation sites is 1. The molecular weight excluding hydrogens is 364 g/mol. The van der Waals surface area contributed by atoms with E-state index >= 15 is 0 Å². The van der Waals surface area contributed by atoms with Crippen LogP contribution >= 0.6 is 0 Å². The van der Waals surface area contributed by atoms with E-state index in [9.17, 15) is 4.79 Å². The molecule has 0 bridgehead atoms. The summed E-state index contributed by atoms with van der Waals surface area (Å²) in [5.74, 6) is 2.65. The van der Waals surface area contributed by atoms with Crippen molar-refractivity contribution in [3.8, 4) is 17.1 Å². The Kier molecular flexibility index (Phi) is 5.65. The topological polar surface area (TPSA) is 64.4 Å². The lowest BCUT2D eigenvalue weighted by Gasteiger charge is -2.26. The maximum atomic E-state index is 12.5. The van der Waals surface area contributed by atoms with Crippen LogP contribution in [0, 0.1) is 0 Å². The van der Waals surface area contributed by atoms with Crippen LogP contribution in [0.15, 0.2) is 59.1 Å². The van der Waals surface area contributed by atoms with E-state index in [1.165, 1.54) is 5.56 Å². The maximum Gasteiger partial charge on any atom is 0.220 e. The third kappa shape index (κ3) is 4.50. The van der Waals surface area contributed by atoms with Gasteiger partial charge in [-0.3, -0.25) is 4.79 Å². The molecule has 3 aromatic rings. The lowest BCUT2D eigenvalue weighted by atomic mass is 10.0. The van der Waals surface area contributed by atoms with Crippen LogP contribution in [-0.2, 0) is 11.2 Å². The zero-order valence-corrected chi connectivity index (χ0v) is 16.9. The molecule has 4 rings (SSSR count). The summed E-state index contributed by atoms with van der Waals surface area (Å²) < 4.78 is 11.5. The molecule has 5 nitrogen and oxygen atoms in total. The van der Waals surface area contributed by atoms with E-state index in [1.54, 1.807) is 6.20 Å². The molecule has 0 saturated carbocycles. The highest BCUT2D eigenvalue weighted by molar-refractivity contribution is 5.76. The minimum absolute atomic E-state index is 0.00672. The monoisotopic (exact) mass is 390 g/mol. The number of hydrogen-bond acceptors (Lipinski definition) is 4. The molecule has 1 aliphatic heterocycles. The van der Waals surface area contributed by atoms with Gasteiger partial charge in [0.15, 0.2) is 11.7 Å². The third-order valence-corrected chi connectivity index (χ3v) is 5.28. The van der Waals surface area contributed by atoms with Gasteiger partial charge in [0.05, 0.1) is 18.8 Å². The van der Waals surface area contributed by atoms with Gasteiger partial charge in [-0.05, 0) is 17.5 Å². The van der Waals surface area contributed by atoms with E-state index in [0.29, 0.717) is 31.3 Å². The van der Waals surface area contributed by atoms with E-state index < -0.39 is 0 Å². The fourth-order valence-electron chi connectivity index (χ4n) is 3.57. The van der Waals surface area contributed by atoms with Gasteiger partial charge in [-0.1, -0.05) is 56.3 Å². The predicted octanol–water partition coefficient (Wildman–Crippen LogP) is 5.04. The number of aryl methyl sites for hydroxylation is 1. The Morgan fingerprint density at radius 3 is 2.76 bits per heavy atom. The van der Waals surface area contributed by atoms with Crippen LogP contribution in [0.25, 0.3) is 11.3 Å². The number of carbonyl (C=O) groups is 1. The first-order valence-electron chi connectivity index (χ1n) is 10.2. The molecule has 1 aliphatic rings. The van der Waals surface area contributed by atoms with Crippen molar-refractivity contribution < 1.29 is 13.9 Å². The Morgan fingerprint density at radius 1 is 1.17 bits per heavy atom. The van der Waals surface area contributed by atoms with Crippen LogP contribution in [0.1, 0.15) is 55.7 Å². The number of carbonyl (C=O) groups excluding carboxylic acids is 1. The van der Waals surface area contributed by atoms with Crippen LogP contribution in [0.3, 0.4) is 0 Å². The van der Waals surface area contributed by atoms with Crippen LogP contribution in [0.2, 0.25) is 0 Å². The van der Waals surface area contributed by atoms with Crippen molar-refractivity contribution in [2.75, 3.05) is 6.61 Å². The molecule has 29 heavy (non-hydrogen) atoms. The van der Waals surface area contributed by atoms with Gasteiger partial charge in [0.1, 0.15) is 5.75 Å². The minimum Gasteiger partial charge on any atom is -0.493 e. The van der Waals surface area contributed by atoms with E-state index in [-0.39, 0.29) is 11.9 Å². The largest absolute Gasteiger partial charge is 0.493 e. The standard InChI is InChI=1S/C24H26N2O3/c1-16(2)17-7-9-18(10-8-17)22-15-25-24(29-22)12-11-23(27)26-20-13-14-28-21-6-4-3-5-19(20)21/h3-10,15-16,20H,11-14H2,1-2H3,(H,26,27). The lowest BCUT2D eigenvalue weighted by molar-refractivity contribution is -0.122. The summed E-state index contributed by atoms with van der Waals surface area (Å²) in [6, 6.07) is 16.2. The average Bonchev–Trinajstić information content (AvgIpc) is 3.22. The second-order valence-corrected chi connectivity index (χ2v) is 7.69. The molecular formula is C24H26N2O3. The van der Waals surface area contributed by atoms with Gasteiger partial charge in [-0.15, -0.1) is 0 Å². The van der Waals surface area contributed by atoms with Crippen LogP contribution in [0.5, 0.6) is 5.75 Å². The second-order valence-electron chi connectivity index (χ2n) is 7.69. The molecule has 5 heteroatoms. The molecule has 1 unspecified atom stereocenters. The average molecular weight is 390 g/mol. The van der Waals surface area contributed by atoms with E-state index in [0.717, 1.165) is 29.1 Å². The summed E-state index contributed by atoms with van der Waals surface area (Å²) in [4.78, 5) is 16.8. The van der Waals surface area contributed by atoms with Crippen LogP contribution < -0.4 is 10.1 Å². The minimum atomic E-state index is -0.00737. The number of rotatable bonds is 6. The van der Waals surface area contributed by atoms with Crippen molar-refractivity contribution in [1.82, 2.24) is 10.3 Å². The SMILES string of the molecule is CC(C)c1ccc(-c2cnc(CCC(=O)NC3CCOc4ccccc43)o2)cc1. The molecule has 150 valence electrons. The highest BCUT2D eigenvalue weighted by Crippen LogP contribution is 2.31. The molecule has 1 aromatic heterocycles. The van der Waals surface area contributed by atoms with Gasteiger partial charge in [-0.25, -0.2) is 4.98 Å². The summed E-state index contributed by atoms with van der Waals surface area (Å²) in [5, 5.41) is 3.11. The number of aromatic nitrogens is 1. The number of amides is 1. The highest BCUT2D eigenvalue weighted by atomic mass is 16.5. The molecule has 0 radical (unpaired) electrons. The second kappa shape index (κ2) is 8.52. The first kappa shape index (κ1) is 19.2. The molecule has 1 N–H and O–H groups in total. The third-order valence-electron chi connectivity index (χ3n) is 5.28. The molecule has 1 atom stereocenters. The molecule has 0 saturated heterocycles. The van der Waals surface area contributed by atoms with Crippen molar-refractivity contribution >= 4 is 5.91 Å². The summed E-state index contributed by atoms with van der Waals surface area (Å²) in [5.41, 5.74) is 3.33. The van der Waals surface area contributed by atoms with Crippen molar-refractivity contribution in [2.45, 2.75) is 45.1 Å². The Labute approximate surface area is 171 Å². The normalized spacial score (nSPS) is 15.6. The van der Waals surface area contributed by atoms with Gasteiger partial charge >= 0.3 is 0 Å². The van der Waals surface area contributed by atoms with E-state index in [2.05, 4.69) is 48.4 Å². The van der Waals surface area contributed by atoms with Gasteiger partial charge < -0.3 is 14.5 Å². The molecule has 0 spiro atoms. The first-order chi connectivity index (χ1) is 14.1. The number of hydrogen-bond donors (Lipinski definition) is 1. The van der Waals surface area contributed by atoms with Crippen LogP contribution in [-0.4, -0.2) is 17.5 Å². The van der Waals surface area contributed by atoms with Crippen molar-refractivity contribution in [1.29, 1.82) is 0 Å². The van der Waals surface area contributed by atoms with E-state index in [4.69, 9.17) is 9.15 Å². The lowest BCUT2D eigenvalue weighted by Crippen LogP contribution is -2.32. The number of oxazole rings is 1. The van der Waals surface area contributed by atoms with Gasteiger partial charge in [0, 0.05) is 30.4 Å². The molecule has 2 aromatic carbocycles. The highest BCUT2D eigenvalue weighted by Gasteiger charge is 2.22. The fraction of sp³-hybridized carbons (Fsp3) is 0.333. The van der Waals surface area contributed by atoms with Gasteiger partial charge in [-0.2, -0.15) is 0 Å². The summed E-state index contributed by atoms with van der Waals surface area (Å²) in [7, 11) is 0. The summed E-state index contributed by atoms with van der Waals surface area (Å²) in [6.45, 7) is 4.96. The fourth-order valence-corrected chi connectivity index (χ4v) is 3.57. The quantitative estimate of drug-likeness (QED) is 0.641. The van der Waals surface area contributed by atoms with Gasteiger partial charge in [0.2, 0.25) is 5.91 Å². The zero-order chi connectivity index (χ0) is 20.2. The number of nitrogens with zero attached hydrogens (tertiary/aromatic N) is 1. The van der Waals surface area contributed by atoms with Crippen LogP contribution in [0.4, 0.5) is 0 Å². The van der Waals surface area contributed by atoms with Crippen molar-refractivity contribution in [3.63, 3.8) is 0 Å². The molecule has 0 fully saturated rings. The Morgan fingerprint density at radius 2 is 1.97 bits per heavy atom. The first-order valence-corrected chi connectivity index (χ1v) is 10.2. The molecule has 2 heterocycles.